The Hall–Kier alpha value is -1.35. The summed E-state index contributed by atoms with van der Waals surface area (Å²) in [6, 6.07) is 10.4. The van der Waals surface area contributed by atoms with Crippen LogP contribution in [0, 0.1) is 5.92 Å². The van der Waals surface area contributed by atoms with E-state index in [1.165, 1.54) is 12.0 Å². The Kier molecular flexibility index (Phi) is 5.18. The van der Waals surface area contributed by atoms with E-state index < -0.39 is 0 Å². The summed E-state index contributed by atoms with van der Waals surface area (Å²) in [5.41, 5.74) is 1.19. The van der Waals surface area contributed by atoms with Gasteiger partial charge in [0.05, 0.1) is 6.04 Å². The monoisotopic (exact) mass is 274 g/mol. The van der Waals surface area contributed by atoms with Gasteiger partial charge in [-0.3, -0.25) is 4.79 Å². The fourth-order valence-corrected chi connectivity index (χ4v) is 2.79. The molecule has 0 radical (unpaired) electrons. The van der Waals surface area contributed by atoms with Gasteiger partial charge in [0, 0.05) is 12.6 Å². The molecule has 1 saturated heterocycles. The van der Waals surface area contributed by atoms with Crippen LogP contribution in [0.3, 0.4) is 0 Å². The highest BCUT2D eigenvalue weighted by Crippen LogP contribution is 2.19. The van der Waals surface area contributed by atoms with E-state index in [0.717, 1.165) is 13.0 Å². The van der Waals surface area contributed by atoms with Crippen LogP contribution < -0.4 is 5.32 Å². The Morgan fingerprint density at radius 2 is 2.05 bits per heavy atom. The van der Waals surface area contributed by atoms with Crippen molar-refractivity contribution in [3.8, 4) is 0 Å². The lowest BCUT2D eigenvalue weighted by Gasteiger charge is -2.34. The van der Waals surface area contributed by atoms with Gasteiger partial charge in [-0.15, -0.1) is 0 Å². The molecule has 0 aliphatic carbocycles. The van der Waals surface area contributed by atoms with Gasteiger partial charge in [0.15, 0.2) is 0 Å². The highest BCUT2D eigenvalue weighted by molar-refractivity contribution is 5.82. The molecule has 0 bridgehead atoms. The number of hydrogen-bond acceptors (Lipinski definition) is 2. The van der Waals surface area contributed by atoms with E-state index in [2.05, 4.69) is 38.2 Å². The Bertz CT molecular complexity index is 430. The maximum absolute atomic E-state index is 12.8. The Labute approximate surface area is 122 Å². The molecule has 1 amide bonds. The fourth-order valence-electron chi connectivity index (χ4n) is 2.79. The third kappa shape index (κ3) is 3.83. The normalized spacial score (nSPS) is 22.8. The van der Waals surface area contributed by atoms with Crippen molar-refractivity contribution in [2.24, 2.45) is 5.92 Å². The molecule has 0 aromatic heterocycles. The summed E-state index contributed by atoms with van der Waals surface area (Å²) in [7, 11) is 0. The van der Waals surface area contributed by atoms with Crippen LogP contribution in [0.25, 0.3) is 0 Å². The van der Waals surface area contributed by atoms with Gasteiger partial charge in [0.2, 0.25) is 5.91 Å². The summed E-state index contributed by atoms with van der Waals surface area (Å²) in [4.78, 5) is 14.7. The molecule has 1 heterocycles. The van der Waals surface area contributed by atoms with E-state index in [9.17, 15) is 4.79 Å². The third-order valence-electron chi connectivity index (χ3n) is 4.07. The van der Waals surface area contributed by atoms with Crippen molar-refractivity contribution in [3.63, 3.8) is 0 Å². The fraction of sp³-hybridized carbons (Fsp3) is 0.588. The average Bonchev–Trinajstić information content (AvgIpc) is 2.45. The van der Waals surface area contributed by atoms with Gasteiger partial charge in [-0.1, -0.05) is 37.3 Å². The Balaban J connectivity index is 2.06. The lowest BCUT2D eigenvalue weighted by molar-refractivity contribution is -0.136. The van der Waals surface area contributed by atoms with Crippen LogP contribution in [0.4, 0.5) is 0 Å². The van der Waals surface area contributed by atoms with Crippen LogP contribution in [-0.4, -0.2) is 29.4 Å². The number of amides is 1. The number of rotatable bonds is 4. The number of carbonyl (C=O) groups is 1. The van der Waals surface area contributed by atoms with Crippen molar-refractivity contribution in [3.05, 3.63) is 35.9 Å². The molecule has 1 fully saturated rings. The zero-order valence-corrected chi connectivity index (χ0v) is 12.8. The minimum Gasteiger partial charge on any atom is -0.335 e. The molecular weight excluding hydrogens is 248 g/mol. The lowest BCUT2D eigenvalue weighted by atomic mass is 9.93. The maximum Gasteiger partial charge on any atom is 0.240 e. The molecule has 2 rings (SSSR count). The second kappa shape index (κ2) is 6.89. The van der Waals surface area contributed by atoms with E-state index in [-0.39, 0.29) is 18.0 Å². The lowest BCUT2D eigenvalue weighted by Crippen LogP contribution is -2.51. The standard InChI is InChI=1S/C17H26N2O/c1-13(2)19(12-15-7-5-4-6-8-15)17(20)16-11-14(3)9-10-18-16/h4-8,13-14,16,18H,9-12H2,1-3H3. The maximum atomic E-state index is 12.8. The molecule has 3 nitrogen and oxygen atoms in total. The highest BCUT2D eigenvalue weighted by Gasteiger charge is 2.29. The van der Waals surface area contributed by atoms with Crippen LogP contribution in [0.15, 0.2) is 30.3 Å². The largest absolute Gasteiger partial charge is 0.335 e. The molecule has 0 saturated carbocycles. The molecule has 0 spiro atoms. The molecule has 2 unspecified atom stereocenters. The average molecular weight is 274 g/mol. The first kappa shape index (κ1) is 15.0. The zero-order valence-electron chi connectivity index (χ0n) is 12.8. The van der Waals surface area contributed by atoms with E-state index >= 15 is 0 Å². The molecule has 20 heavy (non-hydrogen) atoms. The van der Waals surface area contributed by atoms with Crippen molar-refractivity contribution in [1.82, 2.24) is 10.2 Å². The van der Waals surface area contributed by atoms with Crippen LogP contribution in [0.1, 0.15) is 39.2 Å². The number of piperidine rings is 1. The molecule has 1 aromatic carbocycles. The van der Waals surface area contributed by atoms with Crippen molar-refractivity contribution in [1.29, 1.82) is 0 Å². The number of nitrogens with one attached hydrogen (secondary N) is 1. The predicted octanol–water partition coefficient (Wildman–Crippen LogP) is 2.81. The van der Waals surface area contributed by atoms with Crippen molar-refractivity contribution in [2.45, 2.75) is 52.2 Å². The van der Waals surface area contributed by atoms with Gasteiger partial charge in [-0.25, -0.2) is 0 Å². The van der Waals surface area contributed by atoms with Gasteiger partial charge in [-0.05, 0) is 44.7 Å². The van der Waals surface area contributed by atoms with Crippen molar-refractivity contribution >= 4 is 5.91 Å². The van der Waals surface area contributed by atoms with Crippen LogP contribution in [0.2, 0.25) is 0 Å². The van der Waals surface area contributed by atoms with Crippen LogP contribution >= 0.6 is 0 Å². The molecule has 1 aromatic rings. The van der Waals surface area contributed by atoms with Crippen molar-refractivity contribution in [2.75, 3.05) is 6.54 Å². The topological polar surface area (TPSA) is 32.3 Å². The molecular formula is C17H26N2O. The summed E-state index contributed by atoms with van der Waals surface area (Å²) in [6.07, 6.45) is 2.13. The molecule has 1 aliphatic heterocycles. The van der Waals surface area contributed by atoms with Gasteiger partial charge >= 0.3 is 0 Å². The molecule has 3 heteroatoms. The summed E-state index contributed by atoms with van der Waals surface area (Å²) in [6.45, 7) is 8.07. The number of hydrogen-bond donors (Lipinski definition) is 1. The SMILES string of the molecule is CC1CCNC(C(=O)N(Cc2ccccc2)C(C)C)C1. The number of nitrogens with zero attached hydrogens (tertiary/aromatic N) is 1. The first-order valence-electron chi connectivity index (χ1n) is 7.65. The quantitative estimate of drug-likeness (QED) is 0.915. The zero-order chi connectivity index (χ0) is 14.5. The van der Waals surface area contributed by atoms with Crippen molar-refractivity contribution < 1.29 is 4.79 Å². The van der Waals surface area contributed by atoms with E-state index in [1.807, 2.05) is 23.1 Å². The summed E-state index contributed by atoms with van der Waals surface area (Å²) < 4.78 is 0. The van der Waals surface area contributed by atoms with E-state index in [4.69, 9.17) is 0 Å². The number of carbonyl (C=O) groups excluding carboxylic acids is 1. The third-order valence-corrected chi connectivity index (χ3v) is 4.07. The van der Waals surface area contributed by atoms with Crippen LogP contribution in [0.5, 0.6) is 0 Å². The minimum atomic E-state index is -0.00939. The summed E-state index contributed by atoms with van der Waals surface area (Å²) in [5, 5.41) is 3.38. The van der Waals surface area contributed by atoms with Gasteiger partial charge in [-0.2, -0.15) is 0 Å². The second-order valence-electron chi connectivity index (χ2n) is 6.18. The molecule has 2 atom stereocenters. The Morgan fingerprint density at radius 3 is 2.65 bits per heavy atom. The van der Waals surface area contributed by atoms with Gasteiger partial charge in [0.1, 0.15) is 0 Å². The van der Waals surface area contributed by atoms with Gasteiger partial charge < -0.3 is 10.2 Å². The van der Waals surface area contributed by atoms with E-state index in [1.54, 1.807) is 0 Å². The molecule has 110 valence electrons. The van der Waals surface area contributed by atoms with Crippen LogP contribution in [-0.2, 0) is 11.3 Å². The predicted molar refractivity (Wildman–Crippen MR) is 82.3 cm³/mol. The second-order valence-corrected chi connectivity index (χ2v) is 6.18. The highest BCUT2D eigenvalue weighted by atomic mass is 16.2. The first-order valence-corrected chi connectivity index (χ1v) is 7.65. The van der Waals surface area contributed by atoms with Gasteiger partial charge in [0.25, 0.3) is 0 Å². The summed E-state index contributed by atoms with van der Waals surface area (Å²) >= 11 is 0. The Morgan fingerprint density at radius 1 is 1.35 bits per heavy atom. The van der Waals surface area contributed by atoms with E-state index in [0.29, 0.717) is 12.5 Å². The molecule has 1 aliphatic rings. The molecule has 1 N–H and O–H groups in total. The minimum absolute atomic E-state index is 0.00939. The summed E-state index contributed by atoms with van der Waals surface area (Å²) in [5.74, 6) is 0.881. The smallest absolute Gasteiger partial charge is 0.240 e. The first-order chi connectivity index (χ1) is 9.58. The number of benzene rings is 1.